The van der Waals surface area contributed by atoms with Gasteiger partial charge in [-0.3, -0.25) is 4.90 Å². The number of nitrogens with zero attached hydrogens (tertiary/aromatic N) is 2. The summed E-state index contributed by atoms with van der Waals surface area (Å²) in [5.74, 6) is 0.656. The molecule has 1 N–H and O–H groups in total. The van der Waals surface area contributed by atoms with Gasteiger partial charge in [0.1, 0.15) is 0 Å². The molecule has 4 nitrogen and oxygen atoms in total. The average molecular weight is 235 g/mol. The maximum absolute atomic E-state index is 5.10. The zero-order valence-corrected chi connectivity index (χ0v) is 10.6. The minimum absolute atomic E-state index is 0.580. The summed E-state index contributed by atoms with van der Waals surface area (Å²) in [6.45, 7) is 5.72. The van der Waals surface area contributed by atoms with Gasteiger partial charge in [-0.25, -0.2) is 4.98 Å². The third kappa shape index (κ3) is 3.33. The van der Waals surface area contributed by atoms with E-state index in [1.807, 2.05) is 12.1 Å². The van der Waals surface area contributed by atoms with Gasteiger partial charge in [-0.15, -0.1) is 0 Å². The Hall–Kier alpha value is -1.29. The van der Waals surface area contributed by atoms with Crippen molar-refractivity contribution in [2.45, 2.75) is 25.8 Å². The molecule has 0 bridgehead atoms. The summed E-state index contributed by atoms with van der Waals surface area (Å²) >= 11 is 0. The molecule has 4 heteroatoms. The summed E-state index contributed by atoms with van der Waals surface area (Å²) in [7, 11) is 1.64. The number of hydrogen-bond acceptors (Lipinski definition) is 4. The third-order valence-corrected chi connectivity index (χ3v) is 3.31. The quantitative estimate of drug-likeness (QED) is 0.847. The van der Waals surface area contributed by atoms with E-state index in [4.69, 9.17) is 4.74 Å². The minimum atomic E-state index is 0.580. The summed E-state index contributed by atoms with van der Waals surface area (Å²) in [6.07, 6.45) is 4.45. The molecule has 1 saturated heterocycles. The van der Waals surface area contributed by atoms with Gasteiger partial charge in [-0.1, -0.05) is 0 Å². The van der Waals surface area contributed by atoms with Gasteiger partial charge in [0.2, 0.25) is 5.88 Å². The molecule has 1 aliphatic heterocycles. The Morgan fingerprint density at radius 3 is 2.94 bits per heavy atom. The van der Waals surface area contributed by atoms with Crippen molar-refractivity contribution in [1.29, 1.82) is 0 Å². The van der Waals surface area contributed by atoms with Crippen LogP contribution in [0.4, 0.5) is 5.69 Å². The van der Waals surface area contributed by atoms with Gasteiger partial charge in [0.05, 0.1) is 7.11 Å². The van der Waals surface area contributed by atoms with Crippen LogP contribution in [0.1, 0.15) is 19.8 Å². The summed E-state index contributed by atoms with van der Waals surface area (Å²) < 4.78 is 5.10. The second kappa shape index (κ2) is 5.87. The lowest BCUT2D eigenvalue weighted by molar-refractivity contribution is 0.269. The molecule has 0 saturated carbocycles. The lowest BCUT2D eigenvalue weighted by Crippen LogP contribution is -2.35. The highest BCUT2D eigenvalue weighted by Crippen LogP contribution is 2.15. The smallest absolute Gasteiger partial charge is 0.214 e. The molecule has 94 valence electrons. The van der Waals surface area contributed by atoms with Crippen molar-refractivity contribution in [3.63, 3.8) is 0 Å². The highest BCUT2D eigenvalue weighted by molar-refractivity contribution is 5.45. The number of likely N-dealkylation sites (tertiary alicyclic amines) is 1. The Kier molecular flexibility index (Phi) is 4.20. The van der Waals surface area contributed by atoms with Crippen LogP contribution in [-0.4, -0.2) is 42.7 Å². The molecule has 0 aliphatic carbocycles. The molecule has 0 amide bonds. The van der Waals surface area contributed by atoms with Crippen LogP contribution in [0.25, 0.3) is 0 Å². The Bertz CT molecular complexity index is 350. The number of rotatable bonds is 5. The zero-order chi connectivity index (χ0) is 12.1. The van der Waals surface area contributed by atoms with E-state index in [0.717, 1.165) is 12.2 Å². The lowest BCUT2D eigenvalue weighted by Gasteiger charge is -2.24. The van der Waals surface area contributed by atoms with E-state index in [-0.39, 0.29) is 0 Å². The highest BCUT2D eigenvalue weighted by Gasteiger charge is 2.17. The molecule has 1 aromatic rings. The first kappa shape index (κ1) is 12.2. The average Bonchev–Trinajstić information content (AvgIpc) is 2.90. The minimum Gasteiger partial charge on any atom is -0.481 e. The fourth-order valence-corrected chi connectivity index (χ4v) is 2.21. The Morgan fingerprint density at radius 1 is 1.47 bits per heavy atom. The number of methoxy groups -OCH3 is 1. The first-order valence-electron chi connectivity index (χ1n) is 6.27. The van der Waals surface area contributed by atoms with Crippen molar-refractivity contribution >= 4 is 5.69 Å². The van der Waals surface area contributed by atoms with Crippen molar-refractivity contribution in [3.05, 3.63) is 18.3 Å². The normalized spacial score (nSPS) is 18.0. The van der Waals surface area contributed by atoms with Crippen LogP contribution in [0.2, 0.25) is 0 Å². The van der Waals surface area contributed by atoms with Crippen molar-refractivity contribution < 1.29 is 4.74 Å². The first-order valence-corrected chi connectivity index (χ1v) is 6.27. The summed E-state index contributed by atoms with van der Waals surface area (Å²) in [6, 6.07) is 4.48. The highest BCUT2D eigenvalue weighted by atomic mass is 16.5. The van der Waals surface area contributed by atoms with E-state index < -0.39 is 0 Å². The van der Waals surface area contributed by atoms with Crippen LogP contribution < -0.4 is 10.1 Å². The van der Waals surface area contributed by atoms with E-state index >= 15 is 0 Å². The van der Waals surface area contributed by atoms with Crippen LogP contribution in [0, 0.1) is 0 Å². The van der Waals surface area contributed by atoms with Gasteiger partial charge in [0.25, 0.3) is 0 Å². The monoisotopic (exact) mass is 235 g/mol. The lowest BCUT2D eigenvalue weighted by atomic mass is 10.3. The molecule has 2 rings (SSSR count). The van der Waals surface area contributed by atoms with E-state index in [2.05, 4.69) is 22.1 Å². The van der Waals surface area contributed by atoms with Crippen LogP contribution >= 0.6 is 0 Å². The van der Waals surface area contributed by atoms with Gasteiger partial charge < -0.3 is 10.1 Å². The summed E-state index contributed by atoms with van der Waals surface area (Å²) in [4.78, 5) is 6.62. The van der Waals surface area contributed by atoms with Gasteiger partial charge in [0.15, 0.2) is 0 Å². The third-order valence-electron chi connectivity index (χ3n) is 3.31. The van der Waals surface area contributed by atoms with Gasteiger partial charge in [-0.05, 0) is 38.9 Å². The molecule has 0 radical (unpaired) electrons. The SMILES string of the molecule is COc1cc(NCC(C)N2CCCC2)ccn1. The van der Waals surface area contributed by atoms with Crippen molar-refractivity contribution in [1.82, 2.24) is 9.88 Å². The number of hydrogen-bond donors (Lipinski definition) is 1. The summed E-state index contributed by atoms with van der Waals surface area (Å²) in [5, 5.41) is 3.43. The topological polar surface area (TPSA) is 37.4 Å². The Morgan fingerprint density at radius 2 is 2.24 bits per heavy atom. The molecule has 0 spiro atoms. The second-order valence-electron chi connectivity index (χ2n) is 4.56. The van der Waals surface area contributed by atoms with Gasteiger partial charge >= 0.3 is 0 Å². The van der Waals surface area contributed by atoms with E-state index in [0.29, 0.717) is 11.9 Å². The molecular weight excluding hydrogens is 214 g/mol. The number of ether oxygens (including phenoxy) is 1. The molecule has 1 atom stereocenters. The van der Waals surface area contributed by atoms with Crippen LogP contribution in [0.3, 0.4) is 0 Å². The molecule has 17 heavy (non-hydrogen) atoms. The number of aromatic nitrogens is 1. The molecule has 2 heterocycles. The standard InChI is InChI=1S/C13H21N3O/c1-11(16-7-3-4-8-16)10-15-12-5-6-14-13(9-12)17-2/h5-6,9,11H,3-4,7-8,10H2,1-2H3,(H,14,15). The van der Waals surface area contributed by atoms with Gasteiger partial charge in [0, 0.05) is 30.5 Å². The largest absolute Gasteiger partial charge is 0.481 e. The number of pyridine rings is 1. The molecular formula is C13H21N3O. The Labute approximate surface area is 103 Å². The van der Waals surface area contributed by atoms with Crippen molar-refractivity contribution in [2.75, 3.05) is 32.1 Å². The predicted octanol–water partition coefficient (Wildman–Crippen LogP) is 1.99. The second-order valence-corrected chi connectivity index (χ2v) is 4.56. The maximum Gasteiger partial charge on any atom is 0.214 e. The van der Waals surface area contributed by atoms with Crippen LogP contribution in [0.5, 0.6) is 5.88 Å². The molecule has 1 unspecified atom stereocenters. The first-order chi connectivity index (χ1) is 8.29. The van der Waals surface area contributed by atoms with Crippen LogP contribution in [-0.2, 0) is 0 Å². The molecule has 1 fully saturated rings. The molecule has 1 aromatic heterocycles. The Balaban J connectivity index is 1.83. The van der Waals surface area contributed by atoms with Crippen molar-refractivity contribution in [3.8, 4) is 5.88 Å². The number of nitrogens with one attached hydrogen (secondary N) is 1. The maximum atomic E-state index is 5.10. The fourth-order valence-electron chi connectivity index (χ4n) is 2.21. The predicted molar refractivity (Wildman–Crippen MR) is 69.5 cm³/mol. The van der Waals surface area contributed by atoms with Crippen LogP contribution in [0.15, 0.2) is 18.3 Å². The van der Waals surface area contributed by atoms with E-state index in [1.165, 1.54) is 25.9 Å². The van der Waals surface area contributed by atoms with Crippen molar-refractivity contribution in [2.24, 2.45) is 0 Å². The molecule has 1 aliphatic rings. The molecule has 0 aromatic carbocycles. The summed E-state index contributed by atoms with van der Waals surface area (Å²) in [5.41, 5.74) is 1.07. The fraction of sp³-hybridized carbons (Fsp3) is 0.615. The number of anilines is 1. The van der Waals surface area contributed by atoms with Gasteiger partial charge in [-0.2, -0.15) is 0 Å². The van der Waals surface area contributed by atoms with E-state index in [1.54, 1.807) is 13.3 Å². The van der Waals surface area contributed by atoms with E-state index in [9.17, 15) is 0 Å². The zero-order valence-electron chi connectivity index (χ0n) is 10.6.